The van der Waals surface area contributed by atoms with Crippen molar-refractivity contribution >= 4 is 20.0 Å². The predicted octanol–water partition coefficient (Wildman–Crippen LogP) is 1.88. The molecule has 0 heterocycles. The van der Waals surface area contributed by atoms with Gasteiger partial charge in [-0.05, 0) is 13.3 Å². The van der Waals surface area contributed by atoms with Gasteiger partial charge in [0.05, 0.1) is 12.8 Å². The van der Waals surface area contributed by atoms with Crippen molar-refractivity contribution in [2.24, 2.45) is 0 Å². The molecule has 0 rings (SSSR count). The van der Waals surface area contributed by atoms with E-state index in [9.17, 15) is 14.2 Å². The number of esters is 1. The van der Waals surface area contributed by atoms with Crippen molar-refractivity contribution in [3.8, 4) is 0 Å². The number of rotatable bonds is 11. The van der Waals surface area contributed by atoms with E-state index in [4.69, 9.17) is 13.8 Å². The summed E-state index contributed by atoms with van der Waals surface area (Å²) in [5.74, 6) is -0.567. The van der Waals surface area contributed by atoms with Crippen LogP contribution in [0.5, 0.6) is 0 Å². The van der Waals surface area contributed by atoms with Gasteiger partial charge in [-0.3, -0.25) is 9.36 Å². The van der Waals surface area contributed by atoms with Crippen LogP contribution in [0.25, 0.3) is 0 Å². The molecule has 0 aliphatic heterocycles. The fraction of sp³-hybridized carbons (Fsp3) is 0.692. The van der Waals surface area contributed by atoms with Crippen LogP contribution in [0.4, 0.5) is 0 Å². The van der Waals surface area contributed by atoms with Gasteiger partial charge in [-0.15, -0.1) is 0 Å². The summed E-state index contributed by atoms with van der Waals surface area (Å²) in [7, 11) is -0.612. The van der Waals surface area contributed by atoms with E-state index in [2.05, 4.69) is 5.32 Å². The Labute approximate surface area is 125 Å². The molecule has 1 amide bonds. The highest BCUT2D eigenvalue weighted by Crippen LogP contribution is 2.48. The van der Waals surface area contributed by atoms with Crippen LogP contribution >= 0.6 is 7.60 Å². The summed E-state index contributed by atoms with van der Waals surface area (Å²) in [5, 5.41) is 2.38. The van der Waals surface area contributed by atoms with E-state index < -0.39 is 19.6 Å². The van der Waals surface area contributed by atoms with Crippen LogP contribution in [0, 0.1) is 0 Å². The summed E-state index contributed by atoms with van der Waals surface area (Å²) in [4.78, 5) is 22.4. The average Bonchev–Trinajstić information content (AvgIpc) is 2.47. The molecular weight excluding hydrogens is 297 g/mol. The highest BCUT2D eigenvalue weighted by molar-refractivity contribution is 7.54. The van der Waals surface area contributed by atoms with Crippen molar-refractivity contribution in [2.45, 2.75) is 32.7 Å². The minimum Gasteiger partial charge on any atom is -0.464 e. The summed E-state index contributed by atoms with van der Waals surface area (Å²) < 4.78 is 26.9. The number of amides is 1. The molecule has 0 radical (unpaired) electrons. The summed E-state index contributed by atoms with van der Waals surface area (Å²) in [5.41, 5.74) is 0.705. The van der Waals surface area contributed by atoms with Crippen molar-refractivity contribution in [3.63, 3.8) is 0 Å². The zero-order valence-corrected chi connectivity index (χ0v) is 13.9. The van der Waals surface area contributed by atoms with Gasteiger partial charge in [0.2, 0.25) is 6.41 Å². The molecule has 7 nitrogen and oxygen atoms in total. The number of allylic oxidation sites excluding steroid dienone is 1. The number of carbonyl (C=O) groups is 2. The predicted molar refractivity (Wildman–Crippen MR) is 79.1 cm³/mol. The molecule has 0 spiro atoms. The van der Waals surface area contributed by atoms with Crippen LogP contribution in [0.15, 0.2) is 11.6 Å². The largest absolute Gasteiger partial charge is 0.464 e. The standard InChI is InChI=1S/C13H24NO6P/c1-5-7-11(9-21(17,18-3)19-4)8-12(14-10-15)13(16)20-6-2/h8,10,12H,5-7,9H2,1-4H3,(H,14,15). The summed E-state index contributed by atoms with van der Waals surface area (Å²) in [6, 6.07) is -0.911. The molecule has 0 aliphatic rings. The van der Waals surface area contributed by atoms with Crippen molar-refractivity contribution in [2.75, 3.05) is 27.0 Å². The van der Waals surface area contributed by atoms with E-state index >= 15 is 0 Å². The third-order valence-electron chi connectivity index (χ3n) is 2.71. The van der Waals surface area contributed by atoms with E-state index in [0.717, 1.165) is 6.42 Å². The molecule has 0 saturated carbocycles. The van der Waals surface area contributed by atoms with E-state index in [1.54, 1.807) is 13.0 Å². The van der Waals surface area contributed by atoms with E-state index in [-0.39, 0.29) is 12.8 Å². The highest BCUT2D eigenvalue weighted by atomic mass is 31.2. The summed E-state index contributed by atoms with van der Waals surface area (Å²) in [6.45, 7) is 3.84. The van der Waals surface area contributed by atoms with Crippen LogP contribution in [-0.4, -0.2) is 45.4 Å². The first kappa shape index (κ1) is 19.8. The first-order valence-corrected chi connectivity index (χ1v) is 8.45. The lowest BCUT2D eigenvalue weighted by Gasteiger charge is -2.18. The third-order valence-corrected chi connectivity index (χ3v) is 4.62. The van der Waals surface area contributed by atoms with E-state index in [1.165, 1.54) is 14.2 Å². The molecular formula is C13H24NO6P. The molecule has 0 fully saturated rings. The van der Waals surface area contributed by atoms with Gasteiger partial charge in [0.25, 0.3) is 0 Å². The van der Waals surface area contributed by atoms with Crippen LogP contribution in [0.2, 0.25) is 0 Å². The van der Waals surface area contributed by atoms with Crippen molar-refractivity contribution in [3.05, 3.63) is 11.6 Å². The second-order valence-corrected chi connectivity index (χ2v) is 6.49. The molecule has 0 aliphatic carbocycles. The maximum Gasteiger partial charge on any atom is 0.334 e. The van der Waals surface area contributed by atoms with Gasteiger partial charge in [-0.2, -0.15) is 0 Å². The van der Waals surface area contributed by atoms with Gasteiger partial charge < -0.3 is 19.1 Å². The Morgan fingerprint density at radius 1 is 1.29 bits per heavy atom. The smallest absolute Gasteiger partial charge is 0.334 e. The fourth-order valence-corrected chi connectivity index (χ4v) is 2.88. The van der Waals surface area contributed by atoms with Gasteiger partial charge in [-0.1, -0.05) is 25.0 Å². The molecule has 8 heteroatoms. The molecule has 0 aromatic rings. The van der Waals surface area contributed by atoms with Crippen LogP contribution < -0.4 is 5.32 Å². The third kappa shape index (κ3) is 7.41. The van der Waals surface area contributed by atoms with Gasteiger partial charge >= 0.3 is 13.6 Å². The number of hydrogen-bond donors (Lipinski definition) is 1. The lowest BCUT2D eigenvalue weighted by atomic mass is 10.1. The van der Waals surface area contributed by atoms with Gasteiger partial charge in [0.1, 0.15) is 6.04 Å². The normalized spacial score (nSPS) is 13.6. The summed E-state index contributed by atoms with van der Waals surface area (Å²) in [6.07, 6.45) is 3.42. The molecule has 122 valence electrons. The van der Waals surface area contributed by atoms with Crippen molar-refractivity contribution < 1.29 is 27.9 Å². The van der Waals surface area contributed by atoms with Gasteiger partial charge in [0, 0.05) is 14.2 Å². The topological polar surface area (TPSA) is 90.9 Å². The lowest BCUT2D eigenvalue weighted by molar-refractivity contribution is -0.145. The average molecular weight is 321 g/mol. The highest BCUT2D eigenvalue weighted by Gasteiger charge is 2.25. The summed E-state index contributed by atoms with van der Waals surface area (Å²) >= 11 is 0. The first-order valence-electron chi connectivity index (χ1n) is 6.72. The first-order chi connectivity index (χ1) is 9.96. The molecule has 0 aromatic heterocycles. The molecule has 1 atom stereocenters. The van der Waals surface area contributed by atoms with Gasteiger partial charge in [0.15, 0.2) is 0 Å². The maximum absolute atomic E-state index is 12.2. The fourth-order valence-electron chi connectivity index (χ4n) is 1.71. The Morgan fingerprint density at radius 3 is 2.33 bits per heavy atom. The molecule has 0 saturated heterocycles. The quantitative estimate of drug-likeness (QED) is 0.270. The Morgan fingerprint density at radius 2 is 1.90 bits per heavy atom. The maximum atomic E-state index is 12.2. The second-order valence-electron chi connectivity index (χ2n) is 4.22. The molecule has 0 bridgehead atoms. The number of carbonyl (C=O) groups excluding carboxylic acids is 2. The van der Waals surface area contributed by atoms with Crippen LogP contribution in [0.3, 0.4) is 0 Å². The molecule has 1 N–H and O–H groups in total. The monoisotopic (exact) mass is 321 g/mol. The lowest BCUT2D eigenvalue weighted by Crippen LogP contribution is -2.36. The number of ether oxygens (including phenoxy) is 1. The second kappa shape index (κ2) is 10.5. The zero-order chi connectivity index (χ0) is 16.3. The minimum atomic E-state index is -3.22. The Kier molecular flexibility index (Phi) is 9.95. The van der Waals surface area contributed by atoms with E-state index in [1.807, 2.05) is 6.92 Å². The number of nitrogens with one attached hydrogen (secondary N) is 1. The van der Waals surface area contributed by atoms with Crippen molar-refractivity contribution in [1.29, 1.82) is 0 Å². The molecule has 21 heavy (non-hydrogen) atoms. The zero-order valence-electron chi connectivity index (χ0n) is 13.0. The SMILES string of the molecule is CCCC(=CC(NC=O)C(=O)OCC)CP(=O)(OC)OC. The Hall–Kier alpha value is -1.17. The number of hydrogen-bond acceptors (Lipinski definition) is 6. The molecule has 0 aromatic carbocycles. The Bertz CT molecular complexity index is 401. The van der Waals surface area contributed by atoms with Crippen LogP contribution in [-0.2, 0) is 27.9 Å². The Balaban J connectivity index is 5.22. The van der Waals surface area contributed by atoms with E-state index in [0.29, 0.717) is 18.4 Å². The van der Waals surface area contributed by atoms with Crippen LogP contribution in [0.1, 0.15) is 26.7 Å². The van der Waals surface area contributed by atoms with Gasteiger partial charge in [-0.25, -0.2) is 4.79 Å². The minimum absolute atomic E-state index is 0.0598. The van der Waals surface area contributed by atoms with Crippen molar-refractivity contribution in [1.82, 2.24) is 5.32 Å². The molecule has 1 unspecified atom stereocenters.